The van der Waals surface area contributed by atoms with Crippen molar-refractivity contribution in [1.82, 2.24) is 0 Å². The molecule has 0 saturated carbocycles. The first kappa shape index (κ1) is 13.2. The van der Waals surface area contributed by atoms with Gasteiger partial charge in [-0.2, -0.15) is 4.57 Å². The summed E-state index contributed by atoms with van der Waals surface area (Å²) in [6, 6.07) is 15.0. The number of aromatic nitrogens is 1. The molecule has 0 amide bonds. The summed E-state index contributed by atoms with van der Waals surface area (Å²) in [5.74, 6) is -0.186. The monoisotopic (exact) mass is 324 g/mol. The third-order valence-corrected chi connectivity index (χ3v) is 3.71. The number of nitrogens with zero attached hydrogens (tertiary/aromatic N) is 1. The second-order valence-electron chi connectivity index (χ2n) is 3.95. The Labute approximate surface area is 119 Å². The van der Waals surface area contributed by atoms with E-state index in [0.29, 0.717) is 0 Å². The summed E-state index contributed by atoms with van der Waals surface area (Å²) in [6.45, 7) is 0.782. The molecule has 18 heavy (non-hydrogen) atoms. The Hall–Kier alpha value is -1.26. The lowest BCUT2D eigenvalue weighted by molar-refractivity contribution is -0.658. The van der Waals surface area contributed by atoms with Crippen molar-refractivity contribution in [2.24, 2.45) is 0 Å². The maximum atomic E-state index is 12.8. The average Bonchev–Trinajstić information content (AvgIpc) is 2.76. The van der Waals surface area contributed by atoms with Crippen LogP contribution in [0, 0.1) is 5.82 Å². The predicted octanol–water partition coefficient (Wildman–Crippen LogP) is 3.95. The molecule has 2 aromatic carbocycles. The predicted molar refractivity (Wildman–Crippen MR) is 77.8 cm³/mol. The van der Waals surface area contributed by atoms with Gasteiger partial charge in [-0.05, 0) is 30.3 Å². The van der Waals surface area contributed by atoms with Gasteiger partial charge in [-0.25, -0.2) is 4.39 Å². The number of benzene rings is 2. The van der Waals surface area contributed by atoms with Crippen LogP contribution in [0.1, 0.15) is 5.56 Å². The maximum absolute atomic E-state index is 12.8. The molecule has 1 aromatic heterocycles. The molecule has 0 spiro atoms. The van der Waals surface area contributed by atoms with Gasteiger partial charge < -0.3 is 0 Å². The van der Waals surface area contributed by atoms with Crippen molar-refractivity contribution in [3.8, 4) is 0 Å². The molecule has 0 atom stereocenters. The third kappa shape index (κ3) is 2.60. The first-order valence-corrected chi connectivity index (χ1v) is 6.31. The van der Waals surface area contributed by atoms with Gasteiger partial charge >= 0.3 is 0 Å². The lowest BCUT2D eigenvalue weighted by Gasteiger charge is -1.96. The van der Waals surface area contributed by atoms with E-state index >= 15 is 0 Å². The van der Waals surface area contributed by atoms with Crippen LogP contribution in [-0.2, 0) is 6.54 Å². The molecule has 4 heteroatoms. The quantitative estimate of drug-likeness (QED) is 0.628. The van der Waals surface area contributed by atoms with Crippen LogP contribution in [0.3, 0.4) is 0 Å². The van der Waals surface area contributed by atoms with E-state index in [1.165, 1.54) is 22.3 Å². The zero-order valence-electron chi connectivity index (χ0n) is 9.54. The maximum Gasteiger partial charge on any atom is 0.226 e. The Bertz CT molecular complexity index is 648. The van der Waals surface area contributed by atoms with Crippen LogP contribution in [-0.4, -0.2) is 0 Å². The highest BCUT2D eigenvalue weighted by atomic mass is 79.9. The summed E-state index contributed by atoms with van der Waals surface area (Å²) >= 11 is 1.73. The largest absolute Gasteiger partial charge is 0.226 e. The fourth-order valence-corrected chi connectivity index (χ4v) is 2.77. The molecular weight excluding hydrogens is 313 g/mol. The highest BCUT2D eigenvalue weighted by molar-refractivity contribution is 8.93. The highest BCUT2D eigenvalue weighted by Crippen LogP contribution is 2.15. The van der Waals surface area contributed by atoms with Crippen molar-refractivity contribution in [1.29, 1.82) is 0 Å². The fourth-order valence-electron chi connectivity index (χ4n) is 1.88. The molecule has 3 aromatic rings. The van der Waals surface area contributed by atoms with Crippen LogP contribution >= 0.6 is 28.3 Å². The minimum absolute atomic E-state index is 0. The van der Waals surface area contributed by atoms with Gasteiger partial charge in [0.1, 0.15) is 10.5 Å². The molecule has 0 fully saturated rings. The van der Waals surface area contributed by atoms with Crippen LogP contribution in [0.5, 0.6) is 0 Å². The van der Waals surface area contributed by atoms with Crippen LogP contribution < -0.4 is 4.57 Å². The molecule has 0 N–H and O–H groups in total. The van der Waals surface area contributed by atoms with Gasteiger partial charge in [-0.15, -0.1) is 17.0 Å². The lowest BCUT2D eigenvalue weighted by Crippen LogP contribution is -2.31. The van der Waals surface area contributed by atoms with Gasteiger partial charge in [0.05, 0.1) is 0 Å². The van der Waals surface area contributed by atoms with E-state index in [2.05, 4.69) is 22.2 Å². The molecule has 0 unspecified atom stereocenters. The van der Waals surface area contributed by atoms with E-state index < -0.39 is 0 Å². The Balaban J connectivity index is 0.00000120. The van der Waals surface area contributed by atoms with Crippen molar-refractivity contribution < 1.29 is 8.96 Å². The number of fused-ring (bicyclic) bond motifs is 1. The van der Waals surface area contributed by atoms with Crippen molar-refractivity contribution in [3.63, 3.8) is 0 Å². The van der Waals surface area contributed by atoms with E-state index in [-0.39, 0.29) is 22.8 Å². The zero-order valence-corrected chi connectivity index (χ0v) is 12.1. The van der Waals surface area contributed by atoms with Crippen LogP contribution in [0.15, 0.2) is 54.0 Å². The normalized spacial score (nSPS) is 10.3. The second kappa shape index (κ2) is 5.59. The Kier molecular flexibility index (Phi) is 4.09. The molecule has 1 nitrogen and oxygen atoms in total. The SMILES string of the molecule is Br.Fc1ccc(C[n+]2csc3ccccc32)cc1. The van der Waals surface area contributed by atoms with E-state index in [4.69, 9.17) is 0 Å². The van der Waals surface area contributed by atoms with E-state index in [9.17, 15) is 4.39 Å². The van der Waals surface area contributed by atoms with Crippen molar-refractivity contribution in [2.75, 3.05) is 0 Å². The number of hydrogen-bond donors (Lipinski definition) is 0. The Morgan fingerprint density at radius 1 is 1.00 bits per heavy atom. The number of halogens is 2. The van der Waals surface area contributed by atoms with Crippen LogP contribution in [0.4, 0.5) is 4.39 Å². The van der Waals surface area contributed by atoms with Gasteiger partial charge in [0.2, 0.25) is 11.0 Å². The first-order chi connectivity index (χ1) is 8.33. The van der Waals surface area contributed by atoms with Crippen molar-refractivity contribution in [3.05, 3.63) is 65.4 Å². The summed E-state index contributed by atoms with van der Waals surface area (Å²) in [7, 11) is 0. The molecule has 3 rings (SSSR count). The topological polar surface area (TPSA) is 3.88 Å². The number of thiazole rings is 1. The molecular formula is C14H12BrFNS+. The van der Waals surface area contributed by atoms with E-state index in [1.807, 2.05) is 24.3 Å². The summed E-state index contributed by atoms with van der Waals surface area (Å²) < 4.78 is 16.3. The molecule has 0 saturated heterocycles. The molecule has 0 bridgehead atoms. The Morgan fingerprint density at radius 2 is 1.72 bits per heavy atom. The summed E-state index contributed by atoms with van der Waals surface area (Å²) in [5, 5.41) is 0. The highest BCUT2D eigenvalue weighted by Gasteiger charge is 2.11. The standard InChI is InChI=1S/C14H11FNS.BrH/c15-12-7-5-11(6-8-12)9-16-10-17-14-4-2-1-3-13(14)16;/h1-8,10H,9H2;1H/q+1;. The fraction of sp³-hybridized carbons (Fsp3) is 0.0714. The summed E-state index contributed by atoms with van der Waals surface area (Å²) in [4.78, 5) is 0. The van der Waals surface area contributed by atoms with Crippen LogP contribution in [0.25, 0.3) is 10.2 Å². The van der Waals surface area contributed by atoms with Crippen LogP contribution in [0.2, 0.25) is 0 Å². The van der Waals surface area contributed by atoms with Crippen molar-refractivity contribution in [2.45, 2.75) is 6.54 Å². The lowest BCUT2D eigenvalue weighted by atomic mass is 10.2. The first-order valence-electron chi connectivity index (χ1n) is 5.43. The smallest absolute Gasteiger partial charge is 0.207 e. The van der Waals surface area contributed by atoms with Crippen molar-refractivity contribution >= 4 is 38.5 Å². The number of rotatable bonds is 2. The number of hydrogen-bond acceptors (Lipinski definition) is 1. The summed E-state index contributed by atoms with van der Waals surface area (Å²) in [5.41, 5.74) is 4.44. The third-order valence-electron chi connectivity index (χ3n) is 2.75. The average molecular weight is 325 g/mol. The van der Waals surface area contributed by atoms with E-state index in [1.54, 1.807) is 11.3 Å². The minimum atomic E-state index is -0.186. The van der Waals surface area contributed by atoms with Gasteiger partial charge in [0, 0.05) is 11.6 Å². The summed E-state index contributed by atoms with van der Waals surface area (Å²) in [6.07, 6.45) is 0. The molecule has 1 heterocycles. The molecule has 92 valence electrons. The molecule has 0 radical (unpaired) electrons. The zero-order chi connectivity index (χ0) is 11.7. The van der Waals surface area contributed by atoms with E-state index in [0.717, 1.165) is 12.1 Å². The second-order valence-corrected chi connectivity index (χ2v) is 4.83. The minimum Gasteiger partial charge on any atom is -0.207 e. The van der Waals surface area contributed by atoms with Gasteiger partial charge in [-0.1, -0.05) is 23.5 Å². The van der Waals surface area contributed by atoms with Gasteiger partial charge in [0.25, 0.3) is 0 Å². The number of para-hydroxylation sites is 1. The van der Waals surface area contributed by atoms with Gasteiger partial charge in [-0.3, -0.25) is 0 Å². The molecule has 0 aliphatic rings. The molecule has 0 aliphatic carbocycles. The molecule has 0 aliphatic heterocycles. The Morgan fingerprint density at radius 3 is 2.50 bits per heavy atom. The van der Waals surface area contributed by atoms with Gasteiger partial charge in [0.15, 0.2) is 6.54 Å².